The molecule has 0 amide bonds. The van der Waals surface area contributed by atoms with Crippen LogP contribution in [0.25, 0.3) is 0 Å². The maximum absolute atomic E-state index is 12.5. The molecule has 0 N–H and O–H groups in total. The number of halogens is 1. The lowest BCUT2D eigenvalue weighted by Crippen LogP contribution is -2.54. The van der Waals surface area contributed by atoms with E-state index in [-0.39, 0.29) is 5.56 Å². The first-order chi connectivity index (χ1) is 22.1. The summed E-state index contributed by atoms with van der Waals surface area (Å²) in [6.07, 6.45) is -7.89. The Morgan fingerprint density at radius 2 is 1.17 bits per heavy atom. The number of esters is 6. The molecule has 0 heterocycles. The van der Waals surface area contributed by atoms with Gasteiger partial charge in [-0.2, -0.15) is 0 Å². The van der Waals surface area contributed by atoms with Gasteiger partial charge in [-0.05, 0) is 48.2 Å². The van der Waals surface area contributed by atoms with E-state index in [4.69, 9.17) is 44.8 Å². The second kappa shape index (κ2) is 18.5. The molecule has 0 radical (unpaired) electrons. The standard InChI is InChI=1S/C33H39ClO13/c1-8-41-27-12-9-24(10-13-27)15-26-16-25(11-14-28(26)34)30(44-20(4)37)32(46-22(6)39)33(47-23(7)40)31(45-21(5)38)29(43-19(3)36)17-42-18(2)35/h9-14,16,29-33H,8,15,17H2,1-7H3/t29-,30+,31+,32-,33-/m0/s1. The van der Waals surface area contributed by atoms with Gasteiger partial charge in [0.2, 0.25) is 0 Å². The van der Waals surface area contributed by atoms with Gasteiger partial charge in [-0.3, -0.25) is 28.8 Å². The van der Waals surface area contributed by atoms with Crippen LogP contribution >= 0.6 is 11.6 Å². The van der Waals surface area contributed by atoms with Gasteiger partial charge >= 0.3 is 35.8 Å². The van der Waals surface area contributed by atoms with Gasteiger partial charge < -0.3 is 33.2 Å². The minimum absolute atomic E-state index is 0.263. The Kier molecular flexibility index (Phi) is 15.2. The summed E-state index contributed by atoms with van der Waals surface area (Å²) in [5.41, 5.74) is 1.73. The third kappa shape index (κ3) is 12.9. The Hall–Kier alpha value is -4.65. The minimum atomic E-state index is -1.77. The molecule has 5 atom stereocenters. The van der Waals surface area contributed by atoms with E-state index in [0.717, 1.165) is 47.1 Å². The number of hydrogen-bond acceptors (Lipinski definition) is 13. The molecule has 0 saturated heterocycles. The van der Waals surface area contributed by atoms with E-state index >= 15 is 0 Å². The summed E-state index contributed by atoms with van der Waals surface area (Å²) in [6.45, 7) is 8.13. The zero-order chi connectivity index (χ0) is 35.3. The predicted molar refractivity (Wildman–Crippen MR) is 165 cm³/mol. The van der Waals surface area contributed by atoms with Crippen molar-refractivity contribution < 1.29 is 61.9 Å². The normalized spacial score (nSPS) is 13.9. The second-order valence-corrected chi connectivity index (χ2v) is 10.7. The predicted octanol–water partition coefficient (Wildman–Crippen LogP) is 4.22. The van der Waals surface area contributed by atoms with E-state index in [0.29, 0.717) is 29.4 Å². The van der Waals surface area contributed by atoms with Crippen molar-refractivity contribution in [2.45, 2.75) is 85.4 Å². The van der Waals surface area contributed by atoms with Crippen LogP contribution in [0.4, 0.5) is 0 Å². The third-order valence-corrected chi connectivity index (χ3v) is 6.68. The quantitative estimate of drug-likeness (QED) is 0.183. The van der Waals surface area contributed by atoms with Gasteiger partial charge in [0.05, 0.1) is 6.61 Å². The van der Waals surface area contributed by atoms with Crippen molar-refractivity contribution in [3.05, 3.63) is 64.2 Å². The smallest absolute Gasteiger partial charge is 0.303 e. The third-order valence-electron chi connectivity index (χ3n) is 6.31. The summed E-state index contributed by atoms with van der Waals surface area (Å²) >= 11 is 6.56. The average molecular weight is 679 g/mol. The highest BCUT2D eigenvalue weighted by atomic mass is 35.5. The van der Waals surface area contributed by atoms with Crippen molar-refractivity contribution in [2.75, 3.05) is 13.2 Å². The van der Waals surface area contributed by atoms with Crippen LogP contribution in [0.1, 0.15) is 71.3 Å². The molecule has 2 aromatic carbocycles. The molecule has 13 nitrogen and oxygen atoms in total. The molecule has 0 aliphatic rings. The first-order valence-electron chi connectivity index (χ1n) is 14.6. The summed E-state index contributed by atoms with van der Waals surface area (Å²) in [5.74, 6) is -4.47. The van der Waals surface area contributed by atoms with Crippen molar-refractivity contribution in [1.29, 1.82) is 0 Å². The summed E-state index contributed by atoms with van der Waals surface area (Å²) in [4.78, 5) is 73.5. The van der Waals surface area contributed by atoms with Gasteiger partial charge in [-0.1, -0.05) is 35.9 Å². The SMILES string of the molecule is CCOc1ccc(Cc2cc([C@@H](OC(C)=O)[C@H](OC(C)=O)[C@@H](OC(C)=O)[C@H](OC(C)=O)[C@H](COC(C)=O)OC(C)=O)ccc2Cl)cc1. The molecule has 0 aliphatic carbocycles. The molecule has 0 unspecified atom stereocenters. The molecular formula is C33H39ClO13. The summed E-state index contributed by atoms with van der Waals surface area (Å²) in [5, 5.41) is 0.374. The first-order valence-corrected chi connectivity index (χ1v) is 15.0. The number of ether oxygens (including phenoxy) is 7. The van der Waals surface area contributed by atoms with E-state index in [1.165, 1.54) is 6.07 Å². The Balaban J connectivity index is 2.75. The second-order valence-electron chi connectivity index (χ2n) is 10.3. The van der Waals surface area contributed by atoms with E-state index in [1.54, 1.807) is 12.1 Å². The van der Waals surface area contributed by atoms with Crippen molar-refractivity contribution in [3.63, 3.8) is 0 Å². The molecule has 2 rings (SSSR count). The van der Waals surface area contributed by atoms with E-state index in [2.05, 4.69) is 0 Å². The van der Waals surface area contributed by atoms with Crippen LogP contribution in [0, 0.1) is 0 Å². The molecule has 0 aliphatic heterocycles. The zero-order valence-corrected chi connectivity index (χ0v) is 28.0. The molecule has 0 bridgehead atoms. The summed E-state index contributed by atoms with van der Waals surface area (Å²) in [7, 11) is 0. The van der Waals surface area contributed by atoms with Crippen LogP contribution in [0.15, 0.2) is 42.5 Å². The number of carbonyl (C=O) groups is 6. The van der Waals surface area contributed by atoms with Crippen molar-refractivity contribution in [1.82, 2.24) is 0 Å². The zero-order valence-electron chi connectivity index (χ0n) is 27.2. The fraction of sp³-hybridized carbons (Fsp3) is 0.455. The molecular weight excluding hydrogens is 640 g/mol. The van der Waals surface area contributed by atoms with Crippen LogP contribution in [-0.4, -0.2) is 73.4 Å². The summed E-state index contributed by atoms with van der Waals surface area (Å²) in [6, 6.07) is 12.0. The maximum atomic E-state index is 12.5. The monoisotopic (exact) mass is 678 g/mol. The molecule has 0 fully saturated rings. The lowest BCUT2D eigenvalue weighted by atomic mass is 9.92. The highest BCUT2D eigenvalue weighted by Crippen LogP contribution is 2.34. The van der Waals surface area contributed by atoms with Crippen LogP contribution in [0.5, 0.6) is 5.75 Å². The molecule has 14 heteroatoms. The van der Waals surface area contributed by atoms with E-state index < -0.39 is 72.9 Å². The van der Waals surface area contributed by atoms with Crippen LogP contribution in [-0.2, 0) is 63.6 Å². The average Bonchev–Trinajstić information content (AvgIpc) is 2.96. The molecule has 2 aromatic rings. The van der Waals surface area contributed by atoms with Crippen LogP contribution in [0.3, 0.4) is 0 Å². The molecule has 0 spiro atoms. The fourth-order valence-electron chi connectivity index (χ4n) is 4.66. The van der Waals surface area contributed by atoms with Crippen LogP contribution < -0.4 is 4.74 Å². The van der Waals surface area contributed by atoms with E-state index in [9.17, 15) is 28.8 Å². The number of carbonyl (C=O) groups excluding carboxylic acids is 6. The Morgan fingerprint density at radius 1 is 0.638 bits per heavy atom. The Labute approximate surface area is 277 Å². The molecule has 0 aromatic heterocycles. The van der Waals surface area contributed by atoms with Crippen molar-refractivity contribution in [3.8, 4) is 5.75 Å². The van der Waals surface area contributed by atoms with E-state index in [1.807, 2.05) is 31.2 Å². The van der Waals surface area contributed by atoms with Gasteiger partial charge in [0.15, 0.2) is 30.5 Å². The molecule has 47 heavy (non-hydrogen) atoms. The topological polar surface area (TPSA) is 167 Å². The molecule has 0 saturated carbocycles. The highest BCUT2D eigenvalue weighted by molar-refractivity contribution is 6.31. The van der Waals surface area contributed by atoms with Crippen LogP contribution in [0.2, 0.25) is 5.02 Å². The van der Waals surface area contributed by atoms with Crippen molar-refractivity contribution >= 4 is 47.4 Å². The lowest BCUT2D eigenvalue weighted by Gasteiger charge is -2.38. The number of rotatable bonds is 16. The molecule has 256 valence electrons. The highest BCUT2D eigenvalue weighted by Gasteiger charge is 2.48. The van der Waals surface area contributed by atoms with Gasteiger partial charge in [-0.15, -0.1) is 0 Å². The Bertz CT molecular complexity index is 1420. The fourth-order valence-corrected chi connectivity index (χ4v) is 4.85. The number of benzene rings is 2. The van der Waals surface area contributed by atoms with Crippen molar-refractivity contribution in [2.24, 2.45) is 0 Å². The largest absolute Gasteiger partial charge is 0.494 e. The van der Waals surface area contributed by atoms with Gasteiger partial charge in [-0.25, -0.2) is 0 Å². The first kappa shape index (κ1) is 38.5. The number of hydrogen-bond donors (Lipinski definition) is 0. The Morgan fingerprint density at radius 3 is 1.68 bits per heavy atom. The van der Waals surface area contributed by atoms with Gasteiger partial charge in [0.1, 0.15) is 12.4 Å². The summed E-state index contributed by atoms with van der Waals surface area (Å²) < 4.78 is 38.2. The lowest BCUT2D eigenvalue weighted by molar-refractivity contribution is -0.214. The van der Waals surface area contributed by atoms with Gasteiger partial charge in [0.25, 0.3) is 0 Å². The maximum Gasteiger partial charge on any atom is 0.303 e. The minimum Gasteiger partial charge on any atom is -0.494 e. The van der Waals surface area contributed by atoms with Gasteiger partial charge in [0, 0.05) is 46.6 Å².